The van der Waals surface area contributed by atoms with E-state index in [9.17, 15) is 13.2 Å². The summed E-state index contributed by atoms with van der Waals surface area (Å²) in [6.07, 6.45) is 3.94. The second-order valence-corrected chi connectivity index (χ2v) is 8.29. The molecule has 0 spiro atoms. The van der Waals surface area contributed by atoms with E-state index in [-0.39, 0.29) is 11.9 Å². The summed E-state index contributed by atoms with van der Waals surface area (Å²) >= 11 is 1.28. The number of nitrogens with zero attached hydrogens (tertiary/aromatic N) is 2. The molecule has 2 heterocycles. The molecular weight excluding hydrogens is 415 g/mol. The number of nitrogens with one attached hydrogen (secondary N) is 1. The van der Waals surface area contributed by atoms with Crippen LogP contribution in [0.15, 0.2) is 41.8 Å². The molecule has 154 valence electrons. The molecule has 0 unspecified atom stereocenters. The minimum absolute atomic E-state index is 0.270. The molecule has 1 aromatic carbocycles. The molecule has 0 saturated heterocycles. The number of alkyl halides is 3. The largest absolute Gasteiger partial charge is 0.461 e. The molecule has 1 N–H and O–H groups in total. The Labute approximate surface area is 176 Å². The van der Waals surface area contributed by atoms with Crippen LogP contribution in [0.25, 0.3) is 21.8 Å². The van der Waals surface area contributed by atoms with Crippen molar-refractivity contribution in [2.75, 3.05) is 4.72 Å². The minimum atomic E-state index is -4.32. The number of hydrogen-bond acceptors (Lipinski definition) is 5. The Balaban J connectivity index is 1.80. The Hall–Kier alpha value is -2.06. The smallest absolute Gasteiger partial charge is 0.323 e. The number of aryl methyl sites for hydroxylation is 2. The summed E-state index contributed by atoms with van der Waals surface area (Å²) in [5.74, 6) is 0. The number of thiazole rings is 1. The highest BCUT2D eigenvalue weighted by Crippen LogP contribution is 2.33. The van der Waals surface area contributed by atoms with Crippen molar-refractivity contribution >= 4 is 29.0 Å². The molecule has 3 nitrogen and oxygen atoms in total. The monoisotopic (exact) mass is 437 g/mol. The Morgan fingerprint density at radius 2 is 1.69 bits per heavy atom. The van der Waals surface area contributed by atoms with Crippen LogP contribution in [0.5, 0.6) is 0 Å². The highest BCUT2D eigenvalue weighted by atomic mass is 32.2. The molecule has 0 aliphatic rings. The quantitative estimate of drug-likeness (QED) is 0.374. The number of hydrogen-bond donors (Lipinski definition) is 1. The van der Waals surface area contributed by atoms with Crippen LogP contribution in [-0.4, -0.2) is 15.5 Å². The molecule has 0 atom stereocenters. The van der Waals surface area contributed by atoms with Crippen LogP contribution in [0.4, 0.5) is 18.9 Å². The maximum absolute atomic E-state index is 12.3. The Morgan fingerprint density at radius 3 is 2.34 bits per heavy atom. The van der Waals surface area contributed by atoms with Crippen LogP contribution < -0.4 is 4.72 Å². The van der Waals surface area contributed by atoms with Gasteiger partial charge in [-0.05, 0) is 37.1 Å². The first-order valence-electron chi connectivity index (χ1n) is 9.45. The Morgan fingerprint density at radius 1 is 0.966 bits per heavy atom. The van der Waals surface area contributed by atoms with Gasteiger partial charge in [0.15, 0.2) is 0 Å². The lowest BCUT2D eigenvalue weighted by Crippen LogP contribution is -2.04. The van der Waals surface area contributed by atoms with Crippen LogP contribution in [0.3, 0.4) is 0 Å². The van der Waals surface area contributed by atoms with Gasteiger partial charge in [0.1, 0.15) is 5.01 Å². The van der Waals surface area contributed by atoms with Crippen molar-refractivity contribution in [3.8, 4) is 21.8 Å². The van der Waals surface area contributed by atoms with Gasteiger partial charge in [-0.25, -0.2) is 4.98 Å². The third kappa shape index (κ3) is 5.96. The van der Waals surface area contributed by atoms with E-state index in [0.717, 1.165) is 58.9 Å². The molecule has 29 heavy (non-hydrogen) atoms. The maximum Gasteiger partial charge on any atom is 0.461 e. The van der Waals surface area contributed by atoms with Crippen molar-refractivity contribution in [3.63, 3.8) is 0 Å². The van der Waals surface area contributed by atoms with Crippen molar-refractivity contribution < 1.29 is 13.2 Å². The number of anilines is 1. The summed E-state index contributed by atoms with van der Waals surface area (Å²) in [5.41, 5.74) is 0.983. The molecule has 0 bridgehead atoms. The predicted octanol–water partition coefficient (Wildman–Crippen LogP) is 7.36. The lowest BCUT2D eigenvalue weighted by atomic mass is 10.1. The number of aromatic nitrogens is 2. The zero-order valence-electron chi connectivity index (χ0n) is 16.2. The maximum atomic E-state index is 12.3. The lowest BCUT2D eigenvalue weighted by molar-refractivity contribution is -0.0323. The van der Waals surface area contributed by atoms with Gasteiger partial charge >= 0.3 is 5.51 Å². The van der Waals surface area contributed by atoms with Gasteiger partial charge < -0.3 is 4.72 Å². The summed E-state index contributed by atoms with van der Waals surface area (Å²) in [5, 5.41) is 2.88. The molecule has 0 fully saturated rings. The summed E-state index contributed by atoms with van der Waals surface area (Å²) in [6, 6.07) is 11.0. The third-order valence-corrected chi connectivity index (χ3v) is 5.67. The Kier molecular flexibility index (Phi) is 7.18. The first-order chi connectivity index (χ1) is 13.9. The van der Waals surface area contributed by atoms with Crippen LogP contribution in [0.2, 0.25) is 0 Å². The van der Waals surface area contributed by atoms with Crippen LogP contribution in [0.1, 0.15) is 38.1 Å². The molecule has 0 saturated carbocycles. The topological polar surface area (TPSA) is 37.8 Å². The number of benzene rings is 1. The molecular formula is C21H22F3N3S2. The van der Waals surface area contributed by atoms with Gasteiger partial charge in [0.2, 0.25) is 0 Å². The van der Waals surface area contributed by atoms with E-state index in [2.05, 4.69) is 30.7 Å². The van der Waals surface area contributed by atoms with E-state index >= 15 is 0 Å². The molecule has 0 aliphatic heterocycles. The standard InChI is InChI=1S/C21H22F3N3S2/c1-3-5-15-11-12-17(18(25-15)6-4-2)20-26-19(13-28-20)14-7-9-16(10-8-14)27-29-21(22,23)24/h7-13,27H,3-6H2,1-2H3. The van der Waals surface area contributed by atoms with E-state index in [4.69, 9.17) is 9.97 Å². The lowest BCUT2D eigenvalue weighted by Gasteiger charge is -2.08. The molecule has 0 amide bonds. The van der Waals surface area contributed by atoms with Crippen LogP contribution in [0, 0.1) is 0 Å². The van der Waals surface area contributed by atoms with Crippen molar-refractivity contribution in [3.05, 3.63) is 53.2 Å². The van der Waals surface area contributed by atoms with Gasteiger partial charge in [-0.15, -0.1) is 11.3 Å². The summed E-state index contributed by atoms with van der Waals surface area (Å²) in [4.78, 5) is 9.58. The van der Waals surface area contributed by atoms with Gasteiger partial charge in [0.25, 0.3) is 0 Å². The summed E-state index contributed by atoms with van der Waals surface area (Å²) in [6.45, 7) is 4.28. The van der Waals surface area contributed by atoms with E-state index in [1.165, 1.54) is 0 Å². The highest BCUT2D eigenvalue weighted by molar-refractivity contribution is 8.01. The fourth-order valence-electron chi connectivity index (χ4n) is 2.92. The Bertz CT molecular complexity index is 937. The van der Waals surface area contributed by atoms with Crippen molar-refractivity contribution in [2.24, 2.45) is 0 Å². The average Bonchev–Trinajstić information content (AvgIpc) is 3.17. The zero-order valence-corrected chi connectivity index (χ0v) is 17.8. The van der Waals surface area contributed by atoms with E-state index in [1.807, 2.05) is 5.38 Å². The minimum Gasteiger partial charge on any atom is -0.323 e. The van der Waals surface area contributed by atoms with E-state index in [1.54, 1.807) is 35.6 Å². The molecule has 0 aliphatic carbocycles. The summed E-state index contributed by atoms with van der Waals surface area (Å²) < 4.78 is 39.2. The molecule has 3 aromatic rings. The first kappa shape index (κ1) is 21.6. The zero-order chi connectivity index (χ0) is 20.9. The van der Waals surface area contributed by atoms with Gasteiger partial charge in [0.05, 0.1) is 23.3 Å². The van der Waals surface area contributed by atoms with Gasteiger partial charge in [-0.2, -0.15) is 13.2 Å². The SMILES string of the molecule is CCCc1ccc(-c2nc(-c3ccc(NSC(F)(F)F)cc3)cs2)c(CCC)n1. The fourth-order valence-corrected chi connectivity index (χ4v) is 4.17. The second kappa shape index (κ2) is 9.63. The van der Waals surface area contributed by atoms with Crippen molar-refractivity contribution in [1.82, 2.24) is 9.97 Å². The van der Waals surface area contributed by atoms with E-state index < -0.39 is 5.51 Å². The van der Waals surface area contributed by atoms with Crippen molar-refractivity contribution in [1.29, 1.82) is 0 Å². The summed E-state index contributed by atoms with van der Waals surface area (Å²) in [7, 11) is 0. The van der Waals surface area contributed by atoms with Crippen LogP contribution >= 0.6 is 23.3 Å². The van der Waals surface area contributed by atoms with Crippen LogP contribution in [-0.2, 0) is 12.8 Å². The third-order valence-electron chi connectivity index (χ3n) is 4.22. The number of pyridine rings is 1. The molecule has 2 aromatic heterocycles. The predicted molar refractivity (Wildman–Crippen MR) is 116 cm³/mol. The van der Waals surface area contributed by atoms with Crippen molar-refractivity contribution in [2.45, 2.75) is 45.0 Å². The van der Waals surface area contributed by atoms with Gasteiger partial charge in [-0.1, -0.05) is 38.8 Å². The molecule has 8 heteroatoms. The first-order valence-corrected chi connectivity index (χ1v) is 11.1. The molecule has 0 radical (unpaired) electrons. The average molecular weight is 438 g/mol. The number of rotatable bonds is 8. The van der Waals surface area contributed by atoms with E-state index in [0.29, 0.717) is 5.69 Å². The second-order valence-electron chi connectivity index (χ2n) is 6.56. The fraction of sp³-hybridized carbons (Fsp3) is 0.333. The van der Waals surface area contributed by atoms with Gasteiger partial charge in [0, 0.05) is 27.9 Å². The van der Waals surface area contributed by atoms with Gasteiger partial charge in [-0.3, -0.25) is 4.98 Å². The number of halogens is 3. The molecule has 3 rings (SSSR count). The highest BCUT2D eigenvalue weighted by Gasteiger charge is 2.28. The normalized spacial score (nSPS) is 11.6.